The average molecular weight is 327 g/mol. The zero-order chi connectivity index (χ0) is 16.9. The summed E-state index contributed by atoms with van der Waals surface area (Å²) in [5.74, 6) is 1.76. The van der Waals surface area contributed by atoms with Crippen LogP contribution >= 0.6 is 0 Å². The van der Waals surface area contributed by atoms with E-state index in [1.165, 1.54) is 6.08 Å². The van der Waals surface area contributed by atoms with Gasteiger partial charge in [0, 0.05) is 33.3 Å². The van der Waals surface area contributed by atoms with Crippen LogP contribution in [0.1, 0.15) is 18.6 Å². The van der Waals surface area contributed by atoms with Gasteiger partial charge in [0.15, 0.2) is 5.82 Å². The number of carbonyl (C=O) groups is 1. The molecule has 126 valence electrons. The van der Waals surface area contributed by atoms with Crippen LogP contribution in [-0.2, 0) is 4.79 Å². The van der Waals surface area contributed by atoms with Crippen LogP contribution in [0.25, 0.3) is 6.08 Å². The number of amides is 1. The quantitative estimate of drug-likeness (QED) is 0.850. The van der Waals surface area contributed by atoms with Crippen molar-refractivity contribution in [1.29, 1.82) is 0 Å². The molecular weight excluding hydrogens is 306 g/mol. The third-order valence-electron chi connectivity index (χ3n) is 3.77. The van der Waals surface area contributed by atoms with Gasteiger partial charge in [0.05, 0.1) is 12.5 Å². The number of aromatic nitrogens is 2. The van der Waals surface area contributed by atoms with Crippen molar-refractivity contribution in [2.24, 2.45) is 0 Å². The molecule has 0 atom stereocenters. The van der Waals surface area contributed by atoms with E-state index in [1.807, 2.05) is 19.0 Å². The maximum Gasteiger partial charge on any atom is 0.248 e. The smallest absolute Gasteiger partial charge is 0.248 e. The van der Waals surface area contributed by atoms with E-state index in [0.29, 0.717) is 23.2 Å². The molecule has 0 radical (unpaired) electrons. The monoisotopic (exact) mass is 327 g/mol. The molecule has 3 heterocycles. The minimum atomic E-state index is -0.257. The number of hydrogen-bond acceptors (Lipinski definition) is 6. The maximum absolute atomic E-state index is 12.1. The highest BCUT2D eigenvalue weighted by atomic mass is 16.3. The molecule has 1 saturated heterocycles. The van der Waals surface area contributed by atoms with Gasteiger partial charge in [-0.2, -0.15) is 4.98 Å². The van der Waals surface area contributed by atoms with E-state index in [2.05, 4.69) is 20.2 Å². The molecule has 2 aromatic rings. The standard InChI is InChI=1S/C17H21N5O2/c1-21(2)16-14(12-18-17(20-16)22-9-3-4-10-22)19-15(23)8-7-13-6-5-11-24-13/h5-8,11-12H,3-4,9-10H2,1-2H3,(H,19,23)/b8-7+. The van der Waals surface area contributed by atoms with Crippen LogP contribution in [0, 0.1) is 0 Å². The molecule has 3 rings (SSSR count). The first-order valence-electron chi connectivity index (χ1n) is 7.95. The number of hydrogen-bond donors (Lipinski definition) is 1. The first-order chi connectivity index (χ1) is 11.6. The highest BCUT2D eigenvalue weighted by molar-refractivity contribution is 6.03. The fourth-order valence-corrected chi connectivity index (χ4v) is 2.58. The van der Waals surface area contributed by atoms with E-state index >= 15 is 0 Å². The van der Waals surface area contributed by atoms with Crippen molar-refractivity contribution in [1.82, 2.24) is 9.97 Å². The summed E-state index contributed by atoms with van der Waals surface area (Å²) in [5, 5.41) is 2.82. The second kappa shape index (κ2) is 7.16. The van der Waals surface area contributed by atoms with Crippen molar-refractivity contribution in [3.05, 3.63) is 36.4 Å². The molecule has 0 aliphatic carbocycles. The van der Waals surface area contributed by atoms with Crippen molar-refractivity contribution in [2.75, 3.05) is 42.3 Å². The van der Waals surface area contributed by atoms with Crippen LogP contribution < -0.4 is 15.1 Å². The fourth-order valence-electron chi connectivity index (χ4n) is 2.58. The molecule has 1 aliphatic heterocycles. The number of furan rings is 1. The Balaban J connectivity index is 1.75. The predicted octanol–water partition coefficient (Wildman–Crippen LogP) is 2.39. The normalized spacial score (nSPS) is 14.3. The molecule has 0 unspecified atom stereocenters. The molecule has 1 aliphatic rings. The molecule has 1 fully saturated rings. The summed E-state index contributed by atoms with van der Waals surface area (Å²) < 4.78 is 5.16. The van der Waals surface area contributed by atoms with Crippen LogP contribution in [0.3, 0.4) is 0 Å². The molecule has 7 heteroatoms. The number of nitrogens with one attached hydrogen (secondary N) is 1. The summed E-state index contributed by atoms with van der Waals surface area (Å²) in [5.41, 5.74) is 0.581. The third-order valence-corrected chi connectivity index (χ3v) is 3.77. The predicted molar refractivity (Wildman–Crippen MR) is 94.2 cm³/mol. The van der Waals surface area contributed by atoms with Crippen molar-refractivity contribution in [3.63, 3.8) is 0 Å². The van der Waals surface area contributed by atoms with Crippen LogP contribution in [-0.4, -0.2) is 43.1 Å². The van der Waals surface area contributed by atoms with Gasteiger partial charge in [-0.15, -0.1) is 0 Å². The van der Waals surface area contributed by atoms with Gasteiger partial charge in [0.25, 0.3) is 0 Å². The average Bonchev–Trinajstić information content (AvgIpc) is 3.26. The molecule has 0 spiro atoms. The highest BCUT2D eigenvalue weighted by Gasteiger charge is 2.18. The van der Waals surface area contributed by atoms with Crippen LogP contribution in [0.15, 0.2) is 35.1 Å². The van der Waals surface area contributed by atoms with E-state index in [0.717, 1.165) is 25.9 Å². The molecule has 24 heavy (non-hydrogen) atoms. The molecule has 0 bridgehead atoms. The lowest BCUT2D eigenvalue weighted by Crippen LogP contribution is -2.23. The third kappa shape index (κ3) is 3.73. The minimum absolute atomic E-state index is 0.257. The topological polar surface area (TPSA) is 74.5 Å². The summed E-state index contributed by atoms with van der Waals surface area (Å²) in [6.45, 7) is 1.95. The first kappa shape index (κ1) is 16.0. The Morgan fingerprint density at radius 2 is 2.17 bits per heavy atom. The lowest BCUT2D eigenvalue weighted by Gasteiger charge is -2.20. The number of anilines is 3. The molecule has 1 N–H and O–H groups in total. The van der Waals surface area contributed by atoms with Gasteiger partial charge in [0.1, 0.15) is 11.4 Å². The van der Waals surface area contributed by atoms with Gasteiger partial charge in [-0.25, -0.2) is 4.98 Å². The Bertz CT molecular complexity index is 719. The second-order valence-corrected chi connectivity index (χ2v) is 5.83. The minimum Gasteiger partial charge on any atom is -0.465 e. The van der Waals surface area contributed by atoms with Gasteiger partial charge in [0.2, 0.25) is 11.9 Å². The van der Waals surface area contributed by atoms with Crippen LogP contribution in [0.2, 0.25) is 0 Å². The van der Waals surface area contributed by atoms with E-state index in [1.54, 1.807) is 30.7 Å². The summed E-state index contributed by atoms with van der Waals surface area (Å²) >= 11 is 0. The Morgan fingerprint density at radius 1 is 1.38 bits per heavy atom. The van der Waals surface area contributed by atoms with Gasteiger partial charge in [-0.3, -0.25) is 4.79 Å². The van der Waals surface area contributed by atoms with Crippen molar-refractivity contribution < 1.29 is 9.21 Å². The summed E-state index contributed by atoms with van der Waals surface area (Å²) in [4.78, 5) is 25.1. The zero-order valence-electron chi connectivity index (χ0n) is 13.9. The van der Waals surface area contributed by atoms with E-state index in [4.69, 9.17) is 4.42 Å². The van der Waals surface area contributed by atoms with Crippen LogP contribution in [0.4, 0.5) is 17.5 Å². The Labute approximate surface area is 141 Å². The lowest BCUT2D eigenvalue weighted by molar-refractivity contribution is -0.111. The fraction of sp³-hybridized carbons (Fsp3) is 0.353. The van der Waals surface area contributed by atoms with Gasteiger partial charge in [-0.1, -0.05) is 0 Å². The Hall–Kier alpha value is -2.83. The Morgan fingerprint density at radius 3 is 2.83 bits per heavy atom. The first-order valence-corrected chi connectivity index (χ1v) is 7.95. The number of nitrogens with zero attached hydrogens (tertiary/aromatic N) is 4. The van der Waals surface area contributed by atoms with Gasteiger partial charge in [-0.05, 0) is 31.1 Å². The van der Waals surface area contributed by atoms with E-state index in [-0.39, 0.29) is 5.91 Å². The SMILES string of the molecule is CN(C)c1nc(N2CCCC2)ncc1NC(=O)/C=C/c1ccco1. The van der Waals surface area contributed by atoms with Gasteiger partial charge >= 0.3 is 0 Å². The van der Waals surface area contributed by atoms with Crippen LogP contribution in [0.5, 0.6) is 0 Å². The second-order valence-electron chi connectivity index (χ2n) is 5.83. The molecule has 1 amide bonds. The van der Waals surface area contributed by atoms with Crippen molar-refractivity contribution in [2.45, 2.75) is 12.8 Å². The lowest BCUT2D eigenvalue weighted by atomic mass is 10.3. The van der Waals surface area contributed by atoms with Crippen molar-refractivity contribution in [3.8, 4) is 0 Å². The van der Waals surface area contributed by atoms with E-state index < -0.39 is 0 Å². The van der Waals surface area contributed by atoms with Gasteiger partial charge < -0.3 is 19.5 Å². The summed E-state index contributed by atoms with van der Waals surface area (Å²) in [7, 11) is 3.79. The Kier molecular flexibility index (Phi) is 4.79. The molecule has 0 aromatic carbocycles. The number of carbonyl (C=O) groups excluding carboxylic acids is 1. The summed E-state index contributed by atoms with van der Waals surface area (Å²) in [6.07, 6.45) is 8.59. The molecule has 2 aromatic heterocycles. The largest absolute Gasteiger partial charge is 0.465 e. The van der Waals surface area contributed by atoms with Crippen molar-refractivity contribution >= 4 is 29.4 Å². The molecular formula is C17H21N5O2. The molecule has 0 saturated carbocycles. The van der Waals surface area contributed by atoms with E-state index in [9.17, 15) is 4.79 Å². The number of rotatable bonds is 5. The maximum atomic E-state index is 12.1. The summed E-state index contributed by atoms with van der Waals surface area (Å²) in [6, 6.07) is 3.55. The zero-order valence-corrected chi connectivity index (χ0v) is 13.9. The highest BCUT2D eigenvalue weighted by Crippen LogP contribution is 2.25. The molecule has 7 nitrogen and oxygen atoms in total.